The molecule has 0 unspecified atom stereocenters. The van der Waals surface area contributed by atoms with Crippen LogP contribution in [0.5, 0.6) is 0 Å². The van der Waals surface area contributed by atoms with Crippen LogP contribution in [0.2, 0.25) is 0 Å². The van der Waals surface area contributed by atoms with Gasteiger partial charge in [-0.3, -0.25) is 9.59 Å². The highest BCUT2D eigenvalue weighted by molar-refractivity contribution is 5.78. The maximum absolute atomic E-state index is 11.1. The molecule has 0 bridgehead atoms. The van der Waals surface area contributed by atoms with E-state index in [2.05, 4.69) is 10.6 Å². The molecule has 4 N–H and O–H groups in total. The highest BCUT2D eigenvalue weighted by Gasteiger charge is 2.05. The van der Waals surface area contributed by atoms with Gasteiger partial charge in [0.15, 0.2) is 0 Å². The molecule has 0 aliphatic heterocycles. The van der Waals surface area contributed by atoms with Crippen LogP contribution in [0, 0.1) is 5.92 Å². The predicted molar refractivity (Wildman–Crippen MR) is 59.1 cm³/mol. The maximum atomic E-state index is 11.1. The van der Waals surface area contributed by atoms with Crippen molar-refractivity contribution in [2.45, 2.75) is 26.7 Å². The van der Waals surface area contributed by atoms with Crippen LogP contribution in [0.3, 0.4) is 0 Å². The fourth-order valence-corrected chi connectivity index (χ4v) is 0.943. The quantitative estimate of drug-likeness (QED) is 0.506. The second kappa shape index (κ2) is 8.23. The minimum absolute atomic E-state index is 0.00575. The van der Waals surface area contributed by atoms with Crippen molar-refractivity contribution in [1.29, 1.82) is 0 Å². The number of amides is 2. The summed E-state index contributed by atoms with van der Waals surface area (Å²) in [5.41, 5.74) is 5.27. The minimum atomic E-state index is -0.0158. The fourth-order valence-electron chi connectivity index (χ4n) is 0.943. The van der Waals surface area contributed by atoms with Gasteiger partial charge in [-0.05, 0) is 13.0 Å². The normalized spacial score (nSPS) is 10.1. The molecule has 0 aromatic heterocycles. The van der Waals surface area contributed by atoms with Crippen molar-refractivity contribution < 1.29 is 9.59 Å². The Kier molecular flexibility index (Phi) is 7.62. The predicted octanol–water partition coefficient (Wildman–Crippen LogP) is -0.386. The van der Waals surface area contributed by atoms with E-state index in [1.54, 1.807) is 0 Å². The molecule has 0 saturated carbocycles. The lowest BCUT2D eigenvalue weighted by Crippen LogP contribution is -2.36. The molecule has 88 valence electrons. The average Bonchev–Trinajstić information content (AvgIpc) is 2.20. The summed E-state index contributed by atoms with van der Waals surface area (Å²) < 4.78 is 0. The zero-order valence-corrected chi connectivity index (χ0v) is 9.51. The Morgan fingerprint density at radius 2 is 1.80 bits per heavy atom. The van der Waals surface area contributed by atoms with Crippen molar-refractivity contribution in [3.63, 3.8) is 0 Å². The van der Waals surface area contributed by atoms with Crippen LogP contribution in [-0.2, 0) is 9.59 Å². The molecule has 0 heterocycles. The van der Waals surface area contributed by atoms with Crippen molar-refractivity contribution >= 4 is 11.8 Å². The first kappa shape index (κ1) is 13.9. The Bertz CT molecular complexity index is 205. The molecule has 2 amide bonds. The summed E-state index contributed by atoms with van der Waals surface area (Å²) in [5, 5.41) is 5.42. The van der Waals surface area contributed by atoms with Crippen LogP contribution >= 0.6 is 0 Å². The Labute approximate surface area is 90.8 Å². The summed E-state index contributed by atoms with van der Waals surface area (Å²) in [6, 6.07) is 0. The average molecular weight is 215 g/mol. The standard InChI is InChI=1S/C10H21N3O2/c1-8(2)10(15)13-7-6-12-9(14)4-3-5-11/h8H,3-7,11H2,1-2H3,(H,12,14)(H,13,15). The summed E-state index contributed by atoms with van der Waals surface area (Å²) >= 11 is 0. The smallest absolute Gasteiger partial charge is 0.222 e. The van der Waals surface area contributed by atoms with Gasteiger partial charge in [0.25, 0.3) is 0 Å². The Morgan fingerprint density at radius 3 is 2.33 bits per heavy atom. The van der Waals surface area contributed by atoms with Gasteiger partial charge in [0.1, 0.15) is 0 Å². The molecule has 0 spiro atoms. The molecule has 15 heavy (non-hydrogen) atoms. The molecular weight excluding hydrogens is 194 g/mol. The molecule has 0 aliphatic carbocycles. The number of hydrogen-bond acceptors (Lipinski definition) is 3. The van der Waals surface area contributed by atoms with Crippen LogP contribution in [-0.4, -0.2) is 31.4 Å². The molecule has 0 atom stereocenters. The van der Waals surface area contributed by atoms with Gasteiger partial charge in [-0.2, -0.15) is 0 Å². The first-order valence-corrected chi connectivity index (χ1v) is 5.32. The first-order chi connectivity index (χ1) is 7.07. The van der Waals surface area contributed by atoms with E-state index in [4.69, 9.17) is 5.73 Å². The summed E-state index contributed by atoms with van der Waals surface area (Å²) in [5.74, 6) is -0.0246. The molecule has 0 radical (unpaired) electrons. The van der Waals surface area contributed by atoms with Gasteiger partial charge >= 0.3 is 0 Å². The number of carbonyl (C=O) groups is 2. The topological polar surface area (TPSA) is 84.2 Å². The van der Waals surface area contributed by atoms with Crippen molar-refractivity contribution in [1.82, 2.24) is 10.6 Å². The molecule has 5 heteroatoms. The van der Waals surface area contributed by atoms with Crippen molar-refractivity contribution in [2.75, 3.05) is 19.6 Å². The maximum Gasteiger partial charge on any atom is 0.222 e. The van der Waals surface area contributed by atoms with Crippen LogP contribution in [0.4, 0.5) is 0 Å². The van der Waals surface area contributed by atoms with Crippen molar-refractivity contribution in [3.8, 4) is 0 Å². The number of carbonyl (C=O) groups excluding carboxylic acids is 2. The molecule has 0 fully saturated rings. The summed E-state index contributed by atoms with van der Waals surface area (Å²) in [7, 11) is 0. The van der Waals surface area contributed by atoms with Gasteiger partial charge in [0.05, 0.1) is 0 Å². The molecule has 0 aromatic rings. The van der Waals surface area contributed by atoms with Crippen LogP contribution in [0.15, 0.2) is 0 Å². The third kappa shape index (κ3) is 7.93. The summed E-state index contributed by atoms with van der Waals surface area (Å²) in [6.07, 6.45) is 1.15. The van der Waals surface area contributed by atoms with Gasteiger partial charge in [0, 0.05) is 25.4 Å². The fraction of sp³-hybridized carbons (Fsp3) is 0.800. The monoisotopic (exact) mass is 215 g/mol. The van der Waals surface area contributed by atoms with Gasteiger partial charge in [0.2, 0.25) is 11.8 Å². The number of hydrogen-bond donors (Lipinski definition) is 3. The van der Waals surface area contributed by atoms with Gasteiger partial charge < -0.3 is 16.4 Å². The van der Waals surface area contributed by atoms with E-state index in [-0.39, 0.29) is 17.7 Å². The molecular formula is C10H21N3O2. The zero-order chi connectivity index (χ0) is 11.7. The Hall–Kier alpha value is -1.10. The van der Waals surface area contributed by atoms with Gasteiger partial charge in [-0.1, -0.05) is 13.8 Å². The molecule has 5 nitrogen and oxygen atoms in total. The minimum Gasteiger partial charge on any atom is -0.354 e. The number of rotatable bonds is 7. The molecule has 0 aliphatic rings. The highest BCUT2D eigenvalue weighted by atomic mass is 16.2. The zero-order valence-electron chi connectivity index (χ0n) is 9.51. The Balaban J connectivity index is 3.38. The van der Waals surface area contributed by atoms with Crippen LogP contribution in [0.1, 0.15) is 26.7 Å². The van der Waals surface area contributed by atoms with E-state index in [9.17, 15) is 9.59 Å². The van der Waals surface area contributed by atoms with E-state index in [0.717, 1.165) is 0 Å². The molecule has 0 saturated heterocycles. The SMILES string of the molecule is CC(C)C(=O)NCCNC(=O)CCCN. The second-order valence-electron chi connectivity index (χ2n) is 3.69. The molecule has 0 aromatic carbocycles. The summed E-state index contributed by atoms with van der Waals surface area (Å²) in [6.45, 7) is 5.13. The third-order valence-corrected chi connectivity index (χ3v) is 1.88. The van der Waals surface area contributed by atoms with Gasteiger partial charge in [-0.15, -0.1) is 0 Å². The van der Waals surface area contributed by atoms with E-state index in [1.165, 1.54) is 0 Å². The third-order valence-electron chi connectivity index (χ3n) is 1.88. The highest BCUT2D eigenvalue weighted by Crippen LogP contribution is 1.89. The lowest BCUT2D eigenvalue weighted by Gasteiger charge is -2.08. The van der Waals surface area contributed by atoms with Crippen molar-refractivity contribution in [2.24, 2.45) is 11.7 Å². The lowest BCUT2D eigenvalue weighted by molar-refractivity contribution is -0.124. The largest absolute Gasteiger partial charge is 0.354 e. The first-order valence-electron chi connectivity index (χ1n) is 5.32. The lowest BCUT2D eigenvalue weighted by atomic mass is 10.2. The van der Waals surface area contributed by atoms with Crippen LogP contribution in [0.25, 0.3) is 0 Å². The van der Waals surface area contributed by atoms with E-state index in [0.29, 0.717) is 32.5 Å². The van der Waals surface area contributed by atoms with E-state index in [1.807, 2.05) is 13.8 Å². The Morgan fingerprint density at radius 1 is 1.20 bits per heavy atom. The second-order valence-corrected chi connectivity index (χ2v) is 3.69. The molecule has 0 rings (SSSR count). The van der Waals surface area contributed by atoms with Gasteiger partial charge in [-0.25, -0.2) is 0 Å². The van der Waals surface area contributed by atoms with E-state index < -0.39 is 0 Å². The van der Waals surface area contributed by atoms with Crippen LogP contribution < -0.4 is 16.4 Å². The number of nitrogens with two attached hydrogens (primary N) is 1. The summed E-state index contributed by atoms with van der Waals surface area (Å²) in [4.78, 5) is 22.2. The van der Waals surface area contributed by atoms with E-state index >= 15 is 0 Å². The van der Waals surface area contributed by atoms with Crippen molar-refractivity contribution in [3.05, 3.63) is 0 Å². The number of nitrogens with one attached hydrogen (secondary N) is 2.